The molecule has 3 aromatic rings. The van der Waals surface area contributed by atoms with Crippen molar-refractivity contribution in [3.63, 3.8) is 0 Å². The van der Waals surface area contributed by atoms with Crippen molar-refractivity contribution in [2.75, 3.05) is 11.4 Å². The van der Waals surface area contributed by atoms with Crippen LogP contribution < -0.4 is 10.6 Å². The molecular formula is C27H30FN3O2. The Morgan fingerprint density at radius 3 is 2.48 bits per heavy atom. The lowest BCUT2D eigenvalue weighted by Crippen LogP contribution is -2.37. The second-order valence-corrected chi connectivity index (χ2v) is 10.1. The first-order valence-corrected chi connectivity index (χ1v) is 11.3. The number of nitrogens with zero attached hydrogens (tertiary/aromatic N) is 3. The Bertz CT molecular complexity index is 1330. The maximum absolute atomic E-state index is 15.3. The molecule has 0 amide bonds. The first-order chi connectivity index (χ1) is 15.5. The van der Waals surface area contributed by atoms with Crippen LogP contribution in [0.15, 0.2) is 41.2 Å². The van der Waals surface area contributed by atoms with Gasteiger partial charge in [0.05, 0.1) is 10.9 Å². The largest absolute Gasteiger partial charge is 0.378 e. The van der Waals surface area contributed by atoms with Gasteiger partial charge in [-0.2, -0.15) is 4.98 Å². The summed E-state index contributed by atoms with van der Waals surface area (Å²) >= 11 is 0. The van der Waals surface area contributed by atoms with E-state index in [9.17, 15) is 9.90 Å². The SMILES string of the molecule is CC(C)(O)C#Cc1cccc2c1CCCCN2c1nc(=O)n(C(C)(C)C)c2cccc(F)c12. The van der Waals surface area contributed by atoms with Gasteiger partial charge in [0.15, 0.2) is 5.82 Å². The third kappa shape index (κ3) is 4.51. The minimum absolute atomic E-state index is 0.337. The summed E-state index contributed by atoms with van der Waals surface area (Å²) in [7, 11) is 0. The predicted molar refractivity (Wildman–Crippen MR) is 131 cm³/mol. The molecule has 5 nitrogen and oxygen atoms in total. The Labute approximate surface area is 193 Å². The van der Waals surface area contributed by atoms with E-state index in [0.717, 1.165) is 36.1 Å². The highest BCUT2D eigenvalue weighted by molar-refractivity contribution is 5.93. The van der Waals surface area contributed by atoms with Crippen molar-refractivity contribution in [1.82, 2.24) is 9.55 Å². The topological polar surface area (TPSA) is 58.4 Å². The Kier molecular flexibility index (Phi) is 5.79. The highest BCUT2D eigenvalue weighted by Crippen LogP contribution is 2.37. The second kappa shape index (κ2) is 8.31. The smallest absolute Gasteiger partial charge is 0.350 e. The molecule has 1 N–H and O–H groups in total. The first kappa shape index (κ1) is 23.0. The van der Waals surface area contributed by atoms with Gasteiger partial charge in [0.2, 0.25) is 0 Å². The fourth-order valence-electron chi connectivity index (χ4n) is 4.40. The summed E-state index contributed by atoms with van der Waals surface area (Å²) in [5, 5.41) is 10.4. The van der Waals surface area contributed by atoms with E-state index in [1.807, 2.05) is 43.9 Å². The molecule has 0 fully saturated rings. The summed E-state index contributed by atoms with van der Waals surface area (Å²) in [6.45, 7) is 9.65. The van der Waals surface area contributed by atoms with Crippen LogP contribution in [0, 0.1) is 17.7 Å². The molecule has 1 aromatic heterocycles. The van der Waals surface area contributed by atoms with Crippen molar-refractivity contribution < 1.29 is 9.50 Å². The van der Waals surface area contributed by atoms with Crippen LogP contribution in [-0.4, -0.2) is 26.8 Å². The van der Waals surface area contributed by atoms with Crippen LogP contribution in [0.5, 0.6) is 0 Å². The number of anilines is 2. The Hall–Kier alpha value is -3.17. The molecule has 0 bridgehead atoms. The molecule has 6 heteroatoms. The Morgan fingerprint density at radius 2 is 1.79 bits per heavy atom. The second-order valence-electron chi connectivity index (χ2n) is 10.1. The summed E-state index contributed by atoms with van der Waals surface area (Å²) in [4.78, 5) is 19.6. The zero-order valence-corrected chi connectivity index (χ0v) is 19.9. The fourth-order valence-corrected chi connectivity index (χ4v) is 4.40. The maximum Gasteiger partial charge on any atom is 0.350 e. The van der Waals surface area contributed by atoms with Gasteiger partial charge < -0.3 is 10.0 Å². The minimum Gasteiger partial charge on any atom is -0.378 e. The summed E-state index contributed by atoms with van der Waals surface area (Å²) in [6.07, 6.45) is 2.61. The van der Waals surface area contributed by atoms with Crippen LogP contribution in [0.1, 0.15) is 58.6 Å². The number of fused-ring (bicyclic) bond motifs is 2. The van der Waals surface area contributed by atoms with Crippen molar-refractivity contribution in [1.29, 1.82) is 0 Å². The minimum atomic E-state index is -1.11. The molecule has 0 radical (unpaired) electrons. The van der Waals surface area contributed by atoms with Gasteiger partial charge in [-0.05, 0) is 83.7 Å². The number of aliphatic hydroxyl groups is 1. The maximum atomic E-state index is 15.3. The lowest BCUT2D eigenvalue weighted by atomic mass is 9.99. The van der Waals surface area contributed by atoms with Gasteiger partial charge in [-0.1, -0.05) is 24.0 Å². The highest BCUT2D eigenvalue weighted by atomic mass is 19.1. The average molecular weight is 448 g/mol. The van der Waals surface area contributed by atoms with E-state index >= 15 is 4.39 Å². The van der Waals surface area contributed by atoms with Crippen molar-refractivity contribution in [3.05, 3.63) is 63.8 Å². The van der Waals surface area contributed by atoms with Crippen molar-refractivity contribution in [2.24, 2.45) is 0 Å². The first-order valence-electron chi connectivity index (χ1n) is 11.3. The summed E-state index contributed by atoms with van der Waals surface area (Å²) < 4.78 is 16.8. The normalized spacial score (nSPS) is 14.5. The van der Waals surface area contributed by atoms with Crippen LogP contribution in [0.4, 0.5) is 15.9 Å². The molecule has 4 rings (SSSR count). The van der Waals surface area contributed by atoms with Gasteiger partial charge in [-0.15, -0.1) is 0 Å². The summed E-state index contributed by atoms with van der Waals surface area (Å²) in [6, 6.07) is 10.6. The molecule has 0 spiro atoms. The molecule has 0 aliphatic carbocycles. The van der Waals surface area contributed by atoms with E-state index in [2.05, 4.69) is 16.8 Å². The molecule has 0 saturated carbocycles. The third-order valence-electron chi connectivity index (χ3n) is 5.78. The van der Waals surface area contributed by atoms with E-state index in [1.165, 1.54) is 6.07 Å². The lowest BCUT2D eigenvalue weighted by Gasteiger charge is -2.29. The molecule has 1 aliphatic heterocycles. The van der Waals surface area contributed by atoms with Gasteiger partial charge in [0, 0.05) is 23.3 Å². The van der Waals surface area contributed by atoms with E-state index in [4.69, 9.17) is 0 Å². The predicted octanol–water partition coefficient (Wildman–Crippen LogP) is 4.89. The Morgan fingerprint density at radius 1 is 1.06 bits per heavy atom. The van der Waals surface area contributed by atoms with Crippen molar-refractivity contribution in [2.45, 2.75) is 65.0 Å². The van der Waals surface area contributed by atoms with Gasteiger partial charge in [-0.3, -0.25) is 4.57 Å². The van der Waals surface area contributed by atoms with Crippen LogP contribution in [-0.2, 0) is 12.0 Å². The van der Waals surface area contributed by atoms with Gasteiger partial charge >= 0.3 is 5.69 Å². The number of aromatic nitrogens is 2. The third-order valence-corrected chi connectivity index (χ3v) is 5.78. The lowest BCUT2D eigenvalue weighted by molar-refractivity contribution is 0.143. The van der Waals surface area contributed by atoms with Crippen molar-refractivity contribution in [3.8, 4) is 11.8 Å². The molecule has 0 atom stereocenters. The van der Waals surface area contributed by atoms with E-state index in [1.54, 1.807) is 30.5 Å². The molecule has 0 unspecified atom stereocenters. The van der Waals surface area contributed by atoms with E-state index in [-0.39, 0.29) is 0 Å². The van der Waals surface area contributed by atoms with E-state index < -0.39 is 22.6 Å². The molecule has 2 heterocycles. The fraction of sp³-hybridized carbons (Fsp3) is 0.407. The monoisotopic (exact) mass is 447 g/mol. The number of hydrogen-bond donors (Lipinski definition) is 1. The number of halogens is 1. The molecule has 2 aromatic carbocycles. The summed E-state index contributed by atoms with van der Waals surface area (Å²) in [5.41, 5.74) is 1.20. The van der Waals surface area contributed by atoms with E-state index in [0.29, 0.717) is 23.3 Å². The molecular weight excluding hydrogens is 417 g/mol. The van der Waals surface area contributed by atoms with Crippen molar-refractivity contribution >= 4 is 22.4 Å². The quantitative estimate of drug-likeness (QED) is 0.540. The highest BCUT2D eigenvalue weighted by Gasteiger charge is 2.27. The van der Waals surface area contributed by atoms with Crippen LogP contribution in [0.25, 0.3) is 10.9 Å². The standard InChI is InChI=1S/C27H30FN3O2/c1-26(2,3)31-22-14-9-12-20(28)23(22)24(29-25(31)32)30-17-7-6-11-19-18(10-8-13-21(19)30)15-16-27(4,5)33/h8-10,12-14,33H,6-7,11,17H2,1-5H3. The zero-order valence-electron chi connectivity index (χ0n) is 19.9. The van der Waals surface area contributed by atoms with Gasteiger partial charge in [-0.25, -0.2) is 9.18 Å². The average Bonchev–Trinajstić information content (AvgIpc) is 2.93. The zero-order chi connectivity index (χ0) is 24.0. The number of hydrogen-bond acceptors (Lipinski definition) is 4. The molecule has 33 heavy (non-hydrogen) atoms. The van der Waals surface area contributed by atoms with Crippen LogP contribution in [0.2, 0.25) is 0 Å². The molecule has 1 aliphatic rings. The van der Waals surface area contributed by atoms with Crippen LogP contribution in [0.3, 0.4) is 0 Å². The molecule has 172 valence electrons. The number of benzene rings is 2. The van der Waals surface area contributed by atoms with Gasteiger partial charge in [0.25, 0.3) is 0 Å². The summed E-state index contributed by atoms with van der Waals surface area (Å²) in [5.74, 6) is 5.94. The van der Waals surface area contributed by atoms with Gasteiger partial charge in [0.1, 0.15) is 11.4 Å². The van der Waals surface area contributed by atoms with Crippen LogP contribution >= 0.6 is 0 Å². The molecule has 0 saturated heterocycles. The number of rotatable bonds is 1. The Balaban J connectivity index is 2.00.